The fourth-order valence-corrected chi connectivity index (χ4v) is 0.561. The van der Waals surface area contributed by atoms with Crippen LogP contribution in [0.5, 0.6) is 0 Å². The summed E-state index contributed by atoms with van der Waals surface area (Å²) in [5, 5.41) is 0. The van der Waals surface area contributed by atoms with Crippen LogP contribution in [0.3, 0.4) is 0 Å². The van der Waals surface area contributed by atoms with Gasteiger partial charge in [-0.2, -0.15) is 0 Å². The first-order valence-electron chi connectivity index (χ1n) is 2.04. The normalized spacial score (nSPS) is 11.9. The standard InChI is InChI=1S/C5H6BrI/c1-2-3-4-5(6)7/h5H,2H2,1H3. The van der Waals surface area contributed by atoms with Gasteiger partial charge >= 0.3 is 0 Å². The van der Waals surface area contributed by atoms with Crippen LogP contribution in [0.1, 0.15) is 13.3 Å². The molecule has 0 radical (unpaired) electrons. The molecule has 7 heavy (non-hydrogen) atoms. The number of hydrogen-bond acceptors (Lipinski definition) is 0. The van der Waals surface area contributed by atoms with Crippen LogP contribution in [-0.4, -0.2) is 2.83 Å². The SMILES string of the molecule is CCC#CC(Br)I. The van der Waals surface area contributed by atoms with Crippen LogP contribution >= 0.6 is 38.5 Å². The van der Waals surface area contributed by atoms with Gasteiger partial charge in [0, 0.05) is 6.42 Å². The summed E-state index contributed by atoms with van der Waals surface area (Å²) in [7, 11) is 0. The zero-order valence-electron chi connectivity index (χ0n) is 4.04. The van der Waals surface area contributed by atoms with Crippen molar-refractivity contribution in [2.24, 2.45) is 0 Å². The zero-order chi connectivity index (χ0) is 5.70. The third-order valence-electron chi connectivity index (χ3n) is 0.388. The van der Waals surface area contributed by atoms with Crippen molar-refractivity contribution < 1.29 is 0 Å². The van der Waals surface area contributed by atoms with Crippen LogP contribution in [-0.2, 0) is 0 Å². The van der Waals surface area contributed by atoms with Crippen molar-refractivity contribution in [2.75, 3.05) is 0 Å². The van der Waals surface area contributed by atoms with E-state index >= 15 is 0 Å². The number of halogens is 2. The number of hydrogen-bond donors (Lipinski definition) is 0. The van der Waals surface area contributed by atoms with E-state index in [4.69, 9.17) is 0 Å². The van der Waals surface area contributed by atoms with Gasteiger partial charge in [-0.15, -0.1) is 5.92 Å². The predicted octanol–water partition coefficient (Wildman–Crippen LogP) is 2.56. The van der Waals surface area contributed by atoms with E-state index in [2.05, 4.69) is 50.4 Å². The maximum absolute atomic E-state index is 3.29. The Balaban J connectivity index is 3.24. The van der Waals surface area contributed by atoms with Gasteiger partial charge in [0.15, 0.2) is 0 Å². The van der Waals surface area contributed by atoms with Crippen molar-refractivity contribution in [3.05, 3.63) is 0 Å². The summed E-state index contributed by atoms with van der Waals surface area (Å²) in [6, 6.07) is 0. The first-order valence-corrected chi connectivity index (χ1v) is 4.20. The second-order valence-electron chi connectivity index (χ2n) is 0.975. The summed E-state index contributed by atoms with van der Waals surface area (Å²) >= 11 is 5.50. The van der Waals surface area contributed by atoms with Crippen molar-refractivity contribution in [1.29, 1.82) is 0 Å². The van der Waals surface area contributed by atoms with Gasteiger partial charge in [-0.25, -0.2) is 0 Å². The van der Waals surface area contributed by atoms with Gasteiger partial charge in [0.05, 0.1) is 0 Å². The lowest BCUT2D eigenvalue weighted by atomic mass is 10.5. The molecule has 0 heterocycles. The average Bonchev–Trinajstić information content (AvgIpc) is 1.61. The highest BCUT2D eigenvalue weighted by atomic mass is 127. The van der Waals surface area contributed by atoms with Crippen LogP contribution < -0.4 is 0 Å². The second-order valence-corrected chi connectivity index (χ2v) is 4.85. The highest BCUT2D eigenvalue weighted by Crippen LogP contribution is 2.05. The van der Waals surface area contributed by atoms with Gasteiger partial charge in [-0.05, 0) is 0 Å². The second kappa shape index (κ2) is 4.92. The van der Waals surface area contributed by atoms with E-state index in [0.717, 1.165) is 6.42 Å². The van der Waals surface area contributed by atoms with Crippen LogP contribution in [0.15, 0.2) is 0 Å². The maximum atomic E-state index is 3.29. The smallest absolute Gasteiger partial charge is 0.102 e. The van der Waals surface area contributed by atoms with Crippen molar-refractivity contribution in [1.82, 2.24) is 0 Å². The molecule has 0 aromatic rings. The van der Waals surface area contributed by atoms with E-state index in [1.54, 1.807) is 0 Å². The number of alkyl halides is 2. The molecule has 0 nitrogen and oxygen atoms in total. The molecule has 0 fully saturated rings. The minimum absolute atomic E-state index is 0.324. The van der Waals surface area contributed by atoms with Gasteiger partial charge in [0.2, 0.25) is 0 Å². The molecule has 0 aromatic heterocycles. The minimum atomic E-state index is 0.324. The molecule has 0 N–H and O–H groups in total. The minimum Gasteiger partial charge on any atom is -0.102 e. The quantitative estimate of drug-likeness (QED) is 0.361. The zero-order valence-corrected chi connectivity index (χ0v) is 7.78. The summed E-state index contributed by atoms with van der Waals surface area (Å²) in [6.45, 7) is 2.04. The highest BCUT2D eigenvalue weighted by Gasteiger charge is 1.82. The van der Waals surface area contributed by atoms with Crippen LogP contribution in [0.2, 0.25) is 0 Å². The summed E-state index contributed by atoms with van der Waals surface area (Å²) in [6.07, 6.45) is 0.950. The van der Waals surface area contributed by atoms with Crippen LogP contribution in [0.25, 0.3) is 0 Å². The van der Waals surface area contributed by atoms with E-state index in [1.165, 1.54) is 0 Å². The highest BCUT2D eigenvalue weighted by molar-refractivity contribution is 14.1. The summed E-state index contributed by atoms with van der Waals surface area (Å²) in [5.41, 5.74) is 0. The monoisotopic (exact) mass is 272 g/mol. The average molecular weight is 273 g/mol. The third-order valence-corrected chi connectivity index (χ3v) is 0.928. The van der Waals surface area contributed by atoms with Crippen molar-refractivity contribution >= 4 is 38.5 Å². The molecule has 0 aliphatic heterocycles. The lowest BCUT2D eigenvalue weighted by Crippen LogP contribution is -1.71. The van der Waals surface area contributed by atoms with E-state index in [0.29, 0.717) is 2.83 Å². The van der Waals surface area contributed by atoms with Crippen molar-refractivity contribution in [2.45, 2.75) is 16.2 Å². The molecule has 40 valence electrons. The molecule has 2 heteroatoms. The fraction of sp³-hybridized carbons (Fsp3) is 0.600. The molecule has 0 spiro atoms. The Kier molecular flexibility index (Phi) is 5.46. The molecular formula is C5H6BrI. The molecule has 0 bridgehead atoms. The molecule has 0 aromatic carbocycles. The molecular weight excluding hydrogens is 267 g/mol. The molecule has 0 amide bonds. The van der Waals surface area contributed by atoms with E-state index in [-0.39, 0.29) is 0 Å². The van der Waals surface area contributed by atoms with E-state index < -0.39 is 0 Å². The first-order chi connectivity index (χ1) is 3.27. The maximum Gasteiger partial charge on any atom is 0.126 e. The van der Waals surface area contributed by atoms with Crippen molar-refractivity contribution in [3.63, 3.8) is 0 Å². The summed E-state index contributed by atoms with van der Waals surface area (Å²) in [4.78, 5) is 0. The Morgan fingerprint density at radius 3 is 2.57 bits per heavy atom. The van der Waals surface area contributed by atoms with Gasteiger partial charge in [0.25, 0.3) is 0 Å². The molecule has 1 atom stereocenters. The Bertz CT molecular complexity index is 88.0. The lowest BCUT2D eigenvalue weighted by molar-refractivity contribution is 1.28. The molecule has 0 aliphatic rings. The largest absolute Gasteiger partial charge is 0.126 e. The lowest BCUT2D eigenvalue weighted by Gasteiger charge is -1.79. The third kappa shape index (κ3) is 6.77. The Labute approximate surface area is 66.3 Å². The van der Waals surface area contributed by atoms with Crippen molar-refractivity contribution in [3.8, 4) is 11.8 Å². The topological polar surface area (TPSA) is 0 Å². The fourth-order valence-electron chi connectivity index (χ4n) is 0.179. The van der Waals surface area contributed by atoms with Gasteiger partial charge in [0.1, 0.15) is 2.83 Å². The first kappa shape index (κ1) is 7.77. The summed E-state index contributed by atoms with van der Waals surface area (Å²) in [5.74, 6) is 5.89. The predicted molar refractivity (Wildman–Crippen MR) is 44.8 cm³/mol. The Morgan fingerprint density at radius 2 is 2.43 bits per heavy atom. The van der Waals surface area contributed by atoms with Crippen LogP contribution in [0, 0.1) is 11.8 Å². The molecule has 0 rings (SSSR count). The Hall–Kier alpha value is 0.770. The summed E-state index contributed by atoms with van der Waals surface area (Å²) < 4.78 is 0.324. The van der Waals surface area contributed by atoms with Gasteiger partial charge < -0.3 is 0 Å². The van der Waals surface area contributed by atoms with Crippen LogP contribution in [0.4, 0.5) is 0 Å². The van der Waals surface area contributed by atoms with E-state index in [1.807, 2.05) is 6.92 Å². The number of rotatable bonds is 0. The van der Waals surface area contributed by atoms with E-state index in [9.17, 15) is 0 Å². The van der Waals surface area contributed by atoms with Gasteiger partial charge in [-0.1, -0.05) is 51.4 Å². The Morgan fingerprint density at radius 1 is 1.86 bits per heavy atom. The molecule has 0 aliphatic carbocycles. The molecule has 0 saturated heterocycles. The molecule has 1 unspecified atom stereocenters. The van der Waals surface area contributed by atoms with Gasteiger partial charge in [-0.3, -0.25) is 0 Å². The molecule has 0 saturated carbocycles.